The van der Waals surface area contributed by atoms with Crippen LogP contribution in [0.4, 0.5) is 19.3 Å². The lowest BCUT2D eigenvalue weighted by Crippen LogP contribution is -2.44. The average molecular weight is 609 g/mol. The van der Waals surface area contributed by atoms with Gasteiger partial charge in [-0.1, -0.05) is 36.4 Å². The fourth-order valence-electron chi connectivity index (χ4n) is 4.22. The first kappa shape index (κ1) is 31.4. The van der Waals surface area contributed by atoms with E-state index in [1.165, 1.54) is 39.9 Å². The lowest BCUT2D eigenvalue weighted by Gasteiger charge is -2.16. The van der Waals surface area contributed by atoms with Crippen LogP contribution in [0.5, 0.6) is 5.75 Å². The van der Waals surface area contributed by atoms with E-state index in [1.54, 1.807) is 38.4 Å². The Bertz CT molecular complexity index is 1750. The van der Waals surface area contributed by atoms with Crippen LogP contribution in [0.2, 0.25) is 0 Å². The van der Waals surface area contributed by atoms with Gasteiger partial charge in [0.15, 0.2) is 17.4 Å². The lowest BCUT2D eigenvalue weighted by atomic mass is 10.1. The summed E-state index contributed by atoms with van der Waals surface area (Å²) in [7, 11) is 3.15. The van der Waals surface area contributed by atoms with Crippen LogP contribution < -0.4 is 20.9 Å². The van der Waals surface area contributed by atoms with Crippen molar-refractivity contribution < 1.29 is 33.0 Å². The van der Waals surface area contributed by atoms with Crippen molar-refractivity contribution in [1.29, 1.82) is 0 Å². The SMILES string of the molecule is CN(C)C(=O)/C=C/CCC(NC(=O)O)C(=O)Nc1cccn(Cc2nc3c(F)cc(F)c(OCc4ccccc4)c3[nH]2)c1=O. The second-order valence-electron chi connectivity index (χ2n) is 9.91. The van der Waals surface area contributed by atoms with Crippen LogP contribution >= 0.6 is 0 Å². The number of nitrogens with zero attached hydrogens (tertiary/aromatic N) is 3. The van der Waals surface area contributed by atoms with E-state index in [-0.39, 0.29) is 60.2 Å². The zero-order valence-corrected chi connectivity index (χ0v) is 23.8. The molecule has 0 spiro atoms. The minimum absolute atomic E-state index is 0.0187. The molecule has 2 heterocycles. The third-order valence-corrected chi connectivity index (χ3v) is 6.44. The van der Waals surface area contributed by atoms with Crippen LogP contribution in [-0.4, -0.2) is 62.6 Å². The lowest BCUT2D eigenvalue weighted by molar-refractivity contribution is -0.123. The number of carboxylic acid groups (broad SMARTS) is 1. The highest BCUT2D eigenvalue weighted by molar-refractivity contribution is 5.96. The van der Waals surface area contributed by atoms with Crippen LogP contribution in [-0.2, 0) is 22.7 Å². The van der Waals surface area contributed by atoms with Crippen molar-refractivity contribution in [3.63, 3.8) is 0 Å². The number of benzene rings is 2. The van der Waals surface area contributed by atoms with Crippen LogP contribution in [0, 0.1) is 11.6 Å². The number of rotatable bonds is 12. The first-order chi connectivity index (χ1) is 21.0. The first-order valence-corrected chi connectivity index (χ1v) is 13.4. The fourth-order valence-corrected chi connectivity index (χ4v) is 4.22. The highest BCUT2D eigenvalue weighted by Crippen LogP contribution is 2.30. The molecule has 0 aliphatic carbocycles. The van der Waals surface area contributed by atoms with Crippen molar-refractivity contribution in [3.8, 4) is 5.75 Å². The van der Waals surface area contributed by atoms with E-state index in [4.69, 9.17) is 4.74 Å². The number of anilines is 1. The zero-order chi connectivity index (χ0) is 31.8. The molecular weight excluding hydrogens is 578 g/mol. The molecule has 230 valence electrons. The monoisotopic (exact) mass is 608 g/mol. The molecule has 1 atom stereocenters. The molecule has 2 aromatic heterocycles. The van der Waals surface area contributed by atoms with Crippen molar-refractivity contribution in [1.82, 2.24) is 24.8 Å². The number of halogens is 2. The molecule has 4 aromatic rings. The second kappa shape index (κ2) is 14.1. The largest absolute Gasteiger partial charge is 0.484 e. The molecule has 4 rings (SSSR count). The summed E-state index contributed by atoms with van der Waals surface area (Å²) in [5.41, 5.74) is -0.223. The Morgan fingerprint density at radius 2 is 1.89 bits per heavy atom. The molecular formula is C30H30F2N6O6. The Morgan fingerprint density at radius 3 is 2.59 bits per heavy atom. The number of ether oxygens (including phenoxy) is 1. The smallest absolute Gasteiger partial charge is 0.405 e. The quantitative estimate of drug-likeness (QED) is 0.179. The first-order valence-electron chi connectivity index (χ1n) is 13.4. The minimum Gasteiger partial charge on any atom is -0.484 e. The molecule has 44 heavy (non-hydrogen) atoms. The van der Waals surface area contributed by atoms with Crippen molar-refractivity contribution in [2.45, 2.75) is 32.0 Å². The van der Waals surface area contributed by atoms with Gasteiger partial charge in [-0.25, -0.2) is 18.6 Å². The predicted molar refractivity (Wildman–Crippen MR) is 157 cm³/mol. The Morgan fingerprint density at radius 1 is 1.14 bits per heavy atom. The Labute approximate surface area is 250 Å². The van der Waals surface area contributed by atoms with Crippen LogP contribution in [0.25, 0.3) is 11.0 Å². The van der Waals surface area contributed by atoms with Crippen molar-refractivity contribution >= 4 is 34.6 Å². The highest BCUT2D eigenvalue weighted by atomic mass is 19.1. The standard InChI is InChI=1S/C30H30F2N6O6/c1-37(2)24(39)13-7-6-11-21(34-30(42)43)28(40)33-22-12-8-14-38(29(22)41)16-23-35-25-19(31)15-20(32)27(26(25)36-23)44-17-18-9-4-3-5-10-18/h3-5,7-10,12-15,21,34H,6,11,16-17H2,1-2H3,(H,33,40)(H,35,36)(H,42,43)/b13-7+. The summed E-state index contributed by atoms with van der Waals surface area (Å²) in [6, 6.07) is 11.3. The summed E-state index contributed by atoms with van der Waals surface area (Å²) >= 11 is 0. The number of carbonyl (C=O) groups excluding carboxylic acids is 2. The van der Waals surface area contributed by atoms with Crippen molar-refractivity contribution in [2.24, 2.45) is 0 Å². The number of hydrogen-bond acceptors (Lipinski definition) is 6. The fraction of sp³-hybridized carbons (Fsp3) is 0.233. The van der Waals surface area contributed by atoms with Crippen LogP contribution in [0.1, 0.15) is 24.2 Å². The molecule has 14 heteroatoms. The van der Waals surface area contributed by atoms with Crippen LogP contribution in [0.3, 0.4) is 0 Å². The number of likely N-dealkylation sites (N-methyl/N-ethyl adjacent to an activating group) is 1. The summed E-state index contributed by atoms with van der Waals surface area (Å²) in [5.74, 6) is -3.00. The van der Waals surface area contributed by atoms with E-state index >= 15 is 0 Å². The molecule has 0 bridgehead atoms. The Kier molecular flexibility index (Phi) is 10.1. The number of carbonyl (C=O) groups is 3. The molecule has 0 saturated heterocycles. The summed E-state index contributed by atoms with van der Waals surface area (Å²) in [4.78, 5) is 57.4. The van der Waals surface area contributed by atoms with Crippen molar-refractivity contribution in [3.05, 3.63) is 100 Å². The molecule has 12 nitrogen and oxygen atoms in total. The Balaban J connectivity index is 1.51. The number of aromatic amines is 1. The van der Waals surface area contributed by atoms with Gasteiger partial charge in [-0.15, -0.1) is 0 Å². The molecule has 0 aliphatic heterocycles. The maximum absolute atomic E-state index is 14.7. The van der Waals surface area contributed by atoms with Crippen molar-refractivity contribution in [2.75, 3.05) is 19.4 Å². The number of fused-ring (bicyclic) bond motifs is 1. The van der Waals surface area contributed by atoms with Gasteiger partial charge in [-0.3, -0.25) is 14.4 Å². The van der Waals surface area contributed by atoms with Crippen LogP contribution in [0.15, 0.2) is 71.7 Å². The molecule has 3 amide bonds. The van der Waals surface area contributed by atoms with Gasteiger partial charge in [-0.05, 0) is 36.6 Å². The Hall–Kier alpha value is -5.53. The van der Waals surface area contributed by atoms with Gasteiger partial charge in [0.2, 0.25) is 11.8 Å². The number of imidazole rings is 1. The van der Waals surface area contributed by atoms with E-state index in [0.29, 0.717) is 6.07 Å². The molecule has 2 aromatic carbocycles. The third-order valence-electron chi connectivity index (χ3n) is 6.44. The zero-order valence-electron chi connectivity index (χ0n) is 23.8. The average Bonchev–Trinajstić information content (AvgIpc) is 3.41. The maximum atomic E-state index is 14.7. The molecule has 0 saturated carbocycles. The summed E-state index contributed by atoms with van der Waals surface area (Å²) in [5, 5.41) is 13.7. The topological polar surface area (TPSA) is 159 Å². The van der Waals surface area contributed by atoms with Gasteiger partial charge in [-0.2, -0.15) is 0 Å². The summed E-state index contributed by atoms with van der Waals surface area (Å²) < 4.78 is 36.1. The van der Waals surface area contributed by atoms with Gasteiger partial charge >= 0.3 is 6.09 Å². The van der Waals surface area contributed by atoms with E-state index in [0.717, 1.165) is 5.56 Å². The second-order valence-corrected chi connectivity index (χ2v) is 9.91. The normalized spacial score (nSPS) is 11.8. The number of hydrogen-bond donors (Lipinski definition) is 4. The predicted octanol–water partition coefficient (Wildman–Crippen LogP) is 3.63. The maximum Gasteiger partial charge on any atom is 0.405 e. The molecule has 1 unspecified atom stereocenters. The van der Waals surface area contributed by atoms with E-state index < -0.39 is 35.2 Å². The van der Waals surface area contributed by atoms with Gasteiger partial charge in [0, 0.05) is 26.4 Å². The van der Waals surface area contributed by atoms with Gasteiger partial charge < -0.3 is 34.9 Å². The van der Waals surface area contributed by atoms with Gasteiger partial charge in [0.1, 0.15) is 35.2 Å². The molecule has 4 N–H and O–H groups in total. The van der Waals surface area contributed by atoms with Gasteiger partial charge in [0.05, 0.1) is 6.54 Å². The summed E-state index contributed by atoms with van der Waals surface area (Å²) in [6.45, 7) is -0.172. The number of allylic oxidation sites excluding steroid dienone is 1. The highest BCUT2D eigenvalue weighted by Gasteiger charge is 2.22. The van der Waals surface area contributed by atoms with E-state index in [9.17, 15) is 33.1 Å². The summed E-state index contributed by atoms with van der Waals surface area (Å²) in [6.07, 6.45) is 3.02. The number of nitrogens with one attached hydrogen (secondary N) is 3. The number of aromatic nitrogens is 3. The molecule has 0 radical (unpaired) electrons. The third kappa shape index (κ3) is 7.85. The van der Waals surface area contributed by atoms with E-state index in [2.05, 4.69) is 20.6 Å². The van der Waals surface area contributed by atoms with Gasteiger partial charge in [0.25, 0.3) is 5.56 Å². The molecule has 0 aliphatic rings. The minimum atomic E-state index is -1.44. The van der Waals surface area contributed by atoms with E-state index in [1.807, 2.05) is 6.07 Å². The number of H-pyrrole nitrogens is 1. The number of amides is 3. The number of pyridine rings is 1. The molecule has 0 fully saturated rings.